The molecule has 5 nitrogen and oxygen atoms in total. The van der Waals surface area contributed by atoms with Gasteiger partial charge in [0.1, 0.15) is 0 Å². The maximum Gasteiger partial charge on any atom is 0.223 e. The zero-order valence-corrected chi connectivity index (χ0v) is 15.0. The molecule has 130 valence electrons. The molecule has 2 amide bonds. The number of benzene rings is 1. The molecular formula is C19H20ClN3O2. The second-order valence-corrected chi connectivity index (χ2v) is 6.76. The molecule has 0 atom stereocenters. The number of rotatable bonds is 5. The highest BCUT2D eigenvalue weighted by Crippen LogP contribution is 2.35. The molecule has 0 bridgehead atoms. The van der Waals surface area contributed by atoms with Gasteiger partial charge in [-0.05, 0) is 43.0 Å². The number of nitrogens with one attached hydrogen (secondary N) is 1. The highest BCUT2D eigenvalue weighted by atomic mass is 35.5. The van der Waals surface area contributed by atoms with E-state index >= 15 is 0 Å². The van der Waals surface area contributed by atoms with Crippen LogP contribution in [0.4, 0.5) is 11.4 Å². The number of anilines is 2. The Kier molecular flexibility index (Phi) is 5.04. The largest absolute Gasteiger partial charge is 0.325 e. The Balaban J connectivity index is 1.83. The van der Waals surface area contributed by atoms with E-state index in [0.29, 0.717) is 16.6 Å². The van der Waals surface area contributed by atoms with Gasteiger partial charge in [0.25, 0.3) is 0 Å². The van der Waals surface area contributed by atoms with Gasteiger partial charge in [-0.2, -0.15) is 0 Å². The van der Waals surface area contributed by atoms with E-state index in [9.17, 15) is 9.59 Å². The molecule has 3 rings (SSSR count). The van der Waals surface area contributed by atoms with E-state index < -0.39 is 0 Å². The molecule has 1 aliphatic rings. The van der Waals surface area contributed by atoms with Crippen molar-refractivity contribution in [2.45, 2.75) is 26.7 Å². The molecule has 1 aromatic carbocycles. The van der Waals surface area contributed by atoms with Gasteiger partial charge in [0.15, 0.2) is 0 Å². The smallest absolute Gasteiger partial charge is 0.223 e. The summed E-state index contributed by atoms with van der Waals surface area (Å²) in [5.74, 6) is 0.448. The highest BCUT2D eigenvalue weighted by Gasteiger charge is 2.27. The van der Waals surface area contributed by atoms with Gasteiger partial charge < -0.3 is 10.2 Å². The van der Waals surface area contributed by atoms with Gasteiger partial charge in [-0.1, -0.05) is 17.7 Å². The molecule has 1 heterocycles. The lowest BCUT2D eigenvalue weighted by molar-refractivity contribution is -0.116. The van der Waals surface area contributed by atoms with Crippen LogP contribution >= 0.6 is 11.6 Å². The fourth-order valence-electron chi connectivity index (χ4n) is 2.68. The van der Waals surface area contributed by atoms with Crippen LogP contribution in [0.1, 0.15) is 26.7 Å². The minimum atomic E-state index is -0.137. The molecule has 25 heavy (non-hydrogen) atoms. The molecule has 1 aliphatic carbocycles. The van der Waals surface area contributed by atoms with Gasteiger partial charge in [-0.25, -0.2) is 0 Å². The first-order valence-corrected chi connectivity index (χ1v) is 8.63. The summed E-state index contributed by atoms with van der Waals surface area (Å²) in [4.78, 5) is 29.1. The van der Waals surface area contributed by atoms with Crippen LogP contribution in [-0.2, 0) is 9.59 Å². The Morgan fingerprint density at radius 1 is 1.24 bits per heavy atom. The van der Waals surface area contributed by atoms with Crippen molar-refractivity contribution in [1.82, 2.24) is 4.98 Å². The fraction of sp³-hybridized carbons (Fsp3) is 0.316. The van der Waals surface area contributed by atoms with E-state index in [0.717, 1.165) is 23.5 Å². The van der Waals surface area contributed by atoms with Crippen LogP contribution in [0, 0.1) is 5.92 Å². The second kappa shape index (κ2) is 7.23. The van der Waals surface area contributed by atoms with Crippen LogP contribution in [0.3, 0.4) is 0 Å². The number of carbonyl (C=O) groups is 2. The molecule has 6 heteroatoms. The highest BCUT2D eigenvalue weighted by molar-refractivity contribution is 6.34. The first-order chi connectivity index (χ1) is 11.9. The summed E-state index contributed by atoms with van der Waals surface area (Å²) in [6.07, 6.45) is 3.95. The van der Waals surface area contributed by atoms with Crippen molar-refractivity contribution in [2.75, 3.05) is 16.8 Å². The first kappa shape index (κ1) is 17.4. The summed E-state index contributed by atoms with van der Waals surface area (Å²) >= 11 is 6.44. The van der Waals surface area contributed by atoms with Crippen LogP contribution in [-0.4, -0.2) is 23.3 Å². The number of carbonyl (C=O) groups excluding carboxylic acids is 2. The average molecular weight is 358 g/mol. The molecule has 0 unspecified atom stereocenters. The zero-order chi connectivity index (χ0) is 18.0. The van der Waals surface area contributed by atoms with Crippen molar-refractivity contribution < 1.29 is 9.59 Å². The van der Waals surface area contributed by atoms with Gasteiger partial charge >= 0.3 is 0 Å². The molecule has 0 aliphatic heterocycles. The Morgan fingerprint density at radius 2 is 2.00 bits per heavy atom. The summed E-state index contributed by atoms with van der Waals surface area (Å²) in [5, 5.41) is 3.21. The number of amides is 2. The first-order valence-electron chi connectivity index (χ1n) is 8.25. The summed E-state index contributed by atoms with van der Waals surface area (Å²) in [6.45, 7) is 3.74. The lowest BCUT2D eigenvalue weighted by Crippen LogP contribution is -2.30. The van der Waals surface area contributed by atoms with Gasteiger partial charge in [-0.15, -0.1) is 0 Å². The van der Waals surface area contributed by atoms with E-state index in [1.165, 1.54) is 19.8 Å². The van der Waals surface area contributed by atoms with Gasteiger partial charge in [0.2, 0.25) is 11.8 Å². The van der Waals surface area contributed by atoms with Crippen molar-refractivity contribution in [3.05, 3.63) is 41.6 Å². The summed E-state index contributed by atoms with van der Waals surface area (Å²) < 4.78 is 0. The Morgan fingerprint density at radius 3 is 2.52 bits per heavy atom. The van der Waals surface area contributed by atoms with E-state index in [4.69, 9.17) is 11.6 Å². The molecule has 1 saturated carbocycles. The number of pyridine rings is 1. The Labute approximate surface area is 152 Å². The topological polar surface area (TPSA) is 62.3 Å². The zero-order valence-electron chi connectivity index (χ0n) is 14.3. The fourth-order valence-corrected chi connectivity index (χ4v) is 2.96. The molecule has 0 spiro atoms. The van der Waals surface area contributed by atoms with Crippen LogP contribution in [0.2, 0.25) is 5.02 Å². The molecule has 0 radical (unpaired) electrons. The standard InChI is InChI=1S/C19H20ClN3O2/c1-12(24)22-16-6-7-18(21-10-16)15-5-8-19(17(20)9-15)23(13(2)25)11-14-3-4-14/h5-10,14H,3-4,11H2,1-2H3,(H,22,24). The molecule has 1 N–H and O–H groups in total. The molecule has 1 aromatic heterocycles. The molecule has 2 aromatic rings. The van der Waals surface area contributed by atoms with Crippen molar-refractivity contribution in [1.29, 1.82) is 0 Å². The van der Waals surface area contributed by atoms with Crippen LogP contribution in [0.5, 0.6) is 0 Å². The lowest BCUT2D eigenvalue weighted by Gasteiger charge is -2.22. The summed E-state index contributed by atoms with van der Waals surface area (Å²) in [7, 11) is 0. The quantitative estimate of drug-likeness (QED) is 0.875. The average Bonchev–Trinajstić information content (AvgIpc) is 3.37. The molecule has 0 saturated heterocycles. The third-order valence-corrected chi connectivity index (χ3v) is 4.44. The normalized spacial score (nSPS) is 13.4. The van der Waals surface area contributed by atoms with Gasteiger partial charge in [0, 0.05) is 26.0 Å². The third-order valence-electron chi connectivity index (χ3n) is 4.14. The second-order valence-electron chi connectivity index (χ2n) is 6.35. The monoisotopic (exact) mass is 357 g/mol. The van der Waals surface area contributed by atoms with Crippen molar-refractivity contribution in [3.8, 4) is 11.3 Å². The van der Waals surface area contributed by atoms with Crippen LogP contribution in [0.15, 0.2) is 36.5 Å². The number of hydrogen-bond acceptors (Lipinski definition) is 3. The Hall–Kier alpha value is -2.40. The van der Waals surface area contributed by atoms with E-state index in [-0.39, 0.29) is 11.8 Å². The SMILES string of the molecule is CC(=O)Nc1ccc(-c2ccc(N(CC3CC3)C(C)=O)c(Cl)c2)nc1. The maximum absolute atomic E-state index is 12.0. The third kappa shape index (κ3) is 4.37. The lowest BCUT2D eigenvalue weighted by atomic mass is 10.1. The predicted octanol–water partition coefficient (Wildman–Crippen LogP) is 4.12. The van der Waals surface area contributed by atoms with E-state index in [1.54, 1.807) is 24.1 Å². The summed E-state index contributed by atoms with van der Waals surface area (Å²) in [6, 6.07) is 9.21. The van der Waals surface area contributed by atoms with Gasteiger partial charge in [0.05, 0.1) is 28.3 Å². The Bertz CT molecular complexity index is 801. The number of nitrogens with zero attached hydrogens (tertiary/aromatic N) is 2. The predicted molar refractivity (Wildman–Crippen MR) is 99.7 cm³/mol. The van der Waals surface area contributed by atoms with Crippen LogP contribution < -0.4 is 10.2 Å². The number of halogens is 1. The molecular weight excluding hydrogens is 338 g/mol. The van der Waals surface area contributed by atoms with Crippen molar-refractivity contribution in [2.24, 2.45) is 5.92 Å². The number of aromatic nitrogens is 1. The molecule has 1 fully saturated rings. The number of hydrogen-bond donors (Lipinski definition) is 1. The minimum Gasteiger partial charge on any atom is -0.325 e. The van der Waals surface area contributed by atoms with E-state index in [1.807, 2.05) is 24.3 Å². The van der Waals surface area contributed by atoms with Crippen molar-refractivity contribution in [3.63, 3.8) is 0 Å². The maximum atomic E-state index is 12.0. The van der Waals surface area contributed by atoms with Crippen LogP contribution in [0.25, 0.3) is 11.3 Å². The van der Waals surface area contributed by atoms with E-state index in [2.05, 4.69) is 10.3 Å². The summed E-state index contributed by atoms with van der Waals surface area (Å²) in [5.41, 5.74) is 2.99. The minimum absolute atomic E-state index is 0.000616. The van der Waals surface area contributed by atoms with Crippen molar-refractivity contribution >= 4 is 34.8 Å². The van der Waals surface area contributed by atoms with Gasteiger partial charge in [-0.3, -0.25) is 14.6 Å².